The summed E-state index contributed by atoms with van der Waals surface area (Å²) < 4.78 is 0. The predicted molar refractivity (Wildman–Crippen MR) is 55.7 cm³/mol. The smallest absolute Gasteiger partial charge is 0.240 e. The summed E-state index contributed by atoms with van der Waals surface area (Å²) in [5.41, 5.74) is 0.446. The molecule has 0 spiro atoms. The Bertz CT molecular complexity index is 246. The summed E-state index contributed by atoms with van der Waals surface area (Å²) in [5.74, 6) is 0.975. The van der Waals surface area contributed by atoms with Gasteiger partial charge >= 0.3 is 0 Å². The molecule has 2 rings (SSSR count). The van der Waals surface area contributed by atoms with Crippen molar-refractivity contribution in [3.63, 3.8) is 0 Å². The van der Waals surface area contributed by atoms with Crippen LogP contribution in [0.4, 0.5) is 0 Å². The van der Waals surface area contributed by atoms with E-state index in [1.165, 1.54) is 12.8 Å². The lowest BCUT2D eigenvalue weighted by Crippen LogP contribution is -2.35. The third kappa shape index (κ3) is 1.54. The maximum absolute atomic E-state index is 11.7. The molecule has 3 heteroatoms. The second-order valence-corrected chi connectivity index (χ2v) is 5.14. The summed E-state index contributed by atoms with van der Waals surface area (Å²) >= 11 is 0. The van der Waals surface area contributed by atoms with Crippen molar-refractivity contribution in [2.75, 3.05) is 13.2 Å². The van der Waals surface area contributed by atoms with Gasteiger partial charge in [-0.1, -0.05) is 13.8 Å². The summed E-state index contributed by atoms with van der Waals surface area (Å²) in [6.45, 7) is 8.18. The largest absolute Gasteiger partial charge is 0.328 e. The Kier molecular flexibility index (Phi) is 2.30. The Hall–Kier alpha value is -0.570. The molecule has 0 bridgehead atoms. The molecule has 0 radical (unpaired) electrons. The molecule has 1 atom stereocenters. The van der Waals surface area contributed by atoms with E-state index in [0.29, 0.717) is 11.3 Å². The van der Waals surface area contributed by atoms with Crippen LogP contribution in [-0.2, 0) is 4.79 Å². The van der Waals surface area contributed by atoms with Crippen molar-refractivity contribution < 1.29 is 4.79 Å². The van der Waals surface area contributed by atoms with Gasteiger partial charge in [-0.3, -0.25) is 10.1 Å². The molecule has 14 heavy (non-hydrogen) atoms. The highest BCUT2D eigenvalue weighted by Crippen LogP contribution is 2.52. The van der Waals surface area contributed by atoms with Gasteiger partial charge in [0.25, 0.3) is 0 Å². The summed E-state index contributed by atoms with van der Waals surface area (Å²) in [6.07, 6.45) is 2.59. The fourth-order valence-corrected chi connectivity index (χ4v) is 2.28. The maximum atomic E-state index is 11.7. The maximum Gasteiger partial charge on any atom is 0.240 e. The van der Waals surface area contributed by atoms with Gasteiger partial charge in [-0.15, -0.1) is 0 Å². The molecule has 1 aliphatic heterocycles. The Balaban J connectivity index is 1.95. The molecular formula is C11H20N2O. The highest BCUT2D eigenvalue weighted by atomic mass is 16.2. The van der Waals surface area contributed by atoms with Gasteiger partial charge in [0.05, 0.1) is 12.7 Å². The number of amides is 1. The summed E-state index contributed by atoms with van der Waals surface area (Å²) in [7, 11) is 0. The van der Waals surface area contributed by atoms with Crippen LogP contribution in [0.2, 0.25) is 0 Å². The van der Waals surface area contributed by atoms with Gasteiger partial charge in [-0.05, 0) is 31.1 Å². The fraction of sp³-hybridized carbons (Fsp3) is 0.909. The SMILES string of the molecule is CC1NCN(CC2(C(C)C)CC2)C1=O. The van der Waals surface area contributed by atoms with Crippen LogP contribution in [-0.4, -0.2) is 30.1 Å². The number of hydrogen-bond donors (Lipinski definition) is 1. The quantitative estimate of drug-likeness (QED) is 0.735. The van der Waals surface area contributed by atoms with Crippen molar-refractivity contribution in [2.45, 2.75) is 39.7 Å². The van der Waals surface area contributed by atoms with E-state index in [9.17, 15) is 4.79 Å². The minimum atomic E-state index is 0.0259. The predicted octanol–water partition coefficient (Wildman–Crippen LogP) is 1.20. The number of hydrogen-bond acceptors (Lipinski definition) is 2. The summed E-state index contributed by atoms with van der Waals surface area (Å²) in [6, 6.07) is 0.0259. The number of carbonyl (C=O) groups is 1. The van der Waals surface area contributed by atoms with E-state index < -0.39 is 0 Å². The Morgan fingerprint density at radius 1 is 1.57 bits per heavy atom. The fourth-order valence-electron chi connectivity index (χ4n) is 2.28. The zero-order chi connectivity index (χ0) is 10.3. The molecule has 1 heterocycles. The first-order valence-electron chi connectivity index (χ1n) is 5.57. The summed E-state index contributed by atoms with van der Waals surface area (Å²) in [4.78, 5) is 13.7. The van der Waals surface area contributed by atoms with Crippen LogP contribution >= 0.6 is 0 Å². The first-order valence-corrected chi connectivity index (χ1v) is 5.57. The van der Waals surface area contributed by atoms with Crippen molar-refractivity contribution in [2.24, 2.45) is 11.3 Å². The molecule has 3 nitrogen and oxygen atoms in total. The molecule has 1 amide bonds. The van der Waals surface area contributed by atoms with Crippen LogP contribution in [0.15, 0.2) is 0 Å². The lowest BCUT2D eigenvalue weighted by Gasteiger charge is -2.25. The molecule has 2 aliphatic rings. The van der Waals surface area contributed by atoms with E-state index in [1.54, 1.807) is 0 Å². The van der Waals surface area contributed by atoms with Crippen LogP contribution < -0.4 is 5.32 Å². The molecule has 1 unspecified atom stereocenters. The minimum Gasteiger partial charge on any atom is -0.328 e. The lowest BCUT2D eigenvalue weighted by molar-refractivity contribution is -0.129. The molecule has 0 aromatic rings. The van der Waals surface area contributed by atoms with E-state index in [1.807, 2.05) is 11.8 Å². The highest BCUT2D eigenvalue weighted by Gasteiger charge is 2.48. The molecule has 0 aromatic heterocycles. The molecule has 1 saturated heterocycles. The normalized spacial score (nSPS) is 30.1. The third-order valence-corrected chi connectivity index (χ3v) is 3.89. The molecule has 2 fully saturated rings. The van der Waals surface area contributed by atoms with Gasteiger partial charge in [-0.2, -0.15) is 0 Å². The molecule has 0 aromatic carbocycles. The van der Waals surface area contributed by atoms with Crippen molar-refractivity contribution in [3.8, 4) is 0 Å². The minimum absolute atomic E-state index is 0.0259. The van der Waals surface area contributed by atoms with Gasteiger partial charge in [0.2, 0.25) is 5.91 Å². The van der Waals surface area contributed by atoms with E-state index in [2.05, 4.69) is 19.2 Å². The average Bonchev–Trinajstić information content (AvgIpc) is 2.85. The number of nitrogens with one attached hydrogen (secondary N) is 1. The van der Waals surface area contributed by atoms with Gasteiger partial charge in [0.15, 0.2) is 0 Å². The van der Waals surface area contributed by atoms with Crippen molar-refractivity contribution in [1.82, 2.24) is 10.2 Å². The molecule has 1 N–H and O–H groups in total. The number of rotatable bonds is 3. The molecule has 80 valence electrons. The molecular weight excluding hydrogens is 176 g/mol. The number of nitrogens with zero attached hydrogens (tertiary/aromatic N) is 1. The standard InChI is InChI=1S/C11H20N2O/c1-8(2)11(4-5-11)6-13-7-12-9(3)10(13)14/h8-9,12H,4-7H2,1-3H3. The van der Waals surface area contributed by atoms with E-state index in [4.69, 9.17) is 0 Å². The Morgan fingerprint density at radius 2 is 2.21 bits per heavy atom. The van der Waals surface area contributed by atoms with Crippen molar-refractivity contribution in [1.29, 1.82) is 0 Å². The zero-order valence-corrected chi connectivity index (χ0v) is 9.34. The zero-order valence-electron chi connectivity index (χ0n) is 9.34. The number of carbonyl (C=O) groups excluding carboxylic acids is 1. The van der Waals surface area contributed by atoms with Crippen LogP contribution in [0.3, 0.4) is 0 Å². The van der Waals surface area contributed by atoms with Crippen molar-refractivity contribution >= 4 is 5.91 Å². The van der Waals surface area contributed by atoms with E-state index in [0.717, 1.165) is 13.2 Å². The first kappa shape index (κ1) is 9.97. The summed E-state index contributed by atoms with van der Waals surface area (Å²) in [5, 5.41) is 3.18. The highest BCUT2D eigenvalue weighted by molar-refractivity contribution is 5.83. The van der Waals surface area contributed by atoms with Gasteiger partial charge in [0.1, 0.15) is 0 Å². The Morgan fingerprint density at radius 3 is 2.57 bits per heavy atom. The van der Waals surface area contributed by atoms with Gasteiger partial charge < -0.3 is 4.90 Å². The second kappa shape index (κ2) is 3.23. The van der Waals surface area contributed by atoms with E-state index >= 15 is 0 Å². The third-order valence-electron chi connectivity index (χ3n) is 3.89. The van der Waals surface area contributed by atoms with Crippen LogP contribution in [0.5, 0.6) is 0 Å². The second-order valence-electron chi connectivity index (χ2n) is 5.14. The van der Waals surface area contributed by atoms with E-state index in [-0.39, 0.29) is 11.9 Å². The molecule has 1 saturated carbocycles. The van der Waals surface area contributed by atoms with Crippen LogP contribution in [0.1, 0.15) is 33.6 Å². The Labute approximate surface area is 85.8 Å². The van der Waals surface area contributed by atoms with Gasteiger partial charge in [-0.25, -0.2) is 0 Å². The molecule has 1 aliphatic carbocycles. The lowest BCUT2D eigenvalue weighted by atomic mass is 9.92. The van der Waals surface area contributed by atoms with Gasteiger partial charge in [0, 0.05) is 6.54 Å². The monoisotopic (exact) mass is 196 g/mol. The first-order chi connectivity index (χ1) is 6.55. The topological polar surface area (TPSA) is 32.3 Å². The van der Waals surface area contributed by atoms with Crippen LogP contribution in [0, 0.1) is 11.3 Å². The van der Waals surface area contributed by atoms with Crippen LogP contribution in [0.25, 0.3) is 0 Å². The van der Waals surface area contributed by atoms with Crippen molar-refractivity contribution in [3.05, 3.63) is 0 Å². The average molecular weight is 196 g/mol.